The number of carbonyl (C=O) groups excluding carboxylic acids is 1. The van der Waals surface area contributed by atoms with Gasteiger partial charge in [-0.15, -0.1) is 0 Å². The highest BCUT2D eigenvalue weighted by molar-refractivity contribution is 5.92. The SMILES string of the molecule is Cc1ccc(/C=C/C(=O)N(C)[C@@H]2CC[C@@]3(O)[C@H]4Cc5ccc(O)c6c5[C@@]3(CCN4CC3C=C3)[C@H]2O6)cc1. The van der Waals surface area contributed by atoms with Gasteiger partial charge in [-0.1, -0.05) is 48.0 Å². The van der Waals surface area contributed by atoms with Gasteiger partial charge in [0.15, 0.2) is 11.5 Å². The van der Waals surface area contributed by atoms with E-state index in [9.17, 15) is 15.0 Å². The van der Waals surface area contributed by atoms with E-state index >= 15 is 0 Å². The van der Waals surface area contributed by atoms with Crippen molar-refractivity contribution in [1.82, 2.24) is 9.80 Å². The van der Waals surface area contributed by atoms with Crippen molar-refractivity contribution in [2.75, 3.05) is 20.1 Å². The monoisotopic (exact) mass is 498 g/mol. The number of rotatable bonds is 5. The van der Waals surface area contributed by atoms with Gasteiger partial charge < -0.3 is 19.8 Å². The smallest absolute Gasteiger partial charge is 0.246 e. The Morgan fingerprint density at radius 2 is 1.97 bits per heavy atom. The van der Waals surface area contributed by atoms with E-state index in [1.54, 1.807) is 17.0 Å². The first kappa shape index (κ1) is 23.1. The molecule has 6 heteroatoms. The summed E-state index contributed by atoms with van der Waals surface area (Å²) in [6.45, 7) is 3.86. The summed E-state index contributed by atoms with van der Waals surface area (Å²) in [4.78, 5) is 17.6. The Labute approximate surface area is 217 Å². The third kappa shape index (κ3) is 3.21. The van der Waals surface area contributed by atoms with Crippen molar-refractivity contribution in [3.05, 3.63) is 76.9 Å². The van der Waals surface area contributed by atoms with Crippen molar-refractivity contribution < 1.29 is 19.7 Å². The molecule has 192 valence electrons. The molecular formula is C31H34N2O4. The first-order valence-corrected chi connectivity index (χ1v) is 13.5. The van der Waals surface area contributed by atoms with Crippen molar-refractivity contribution in [3.8, 4) is 11.5 Å². The molecule has 2 aromatic carbocycles. The van der Waals surface area contributed by atoms with Crippen molar-refractivity contribution >= 4 is 12.0 Å². The van der Waals surface area contributed by atoms with Crippen LogP contribution in [0.1, 0.15) is 41.5 Å². The van der Waals surface area contributed by atoms with Gasteiger partial charge in [0.25, 0.3) is 0 Å². The fourth-order valence-electron chi connectivity index (χ4n) is 7.82. The summed E-state index contributed by atoms with van der Waals surface area (Å²) in [6, 6.07) is 11.6. The number of benzene rings is 2. The third-order valence-electron chi connectivity index (χ3n) is 9.79. The van der Waals surface area contributed by atoms with Crippen LogP contribution in [0.5, 0.6) is 11.5 Å². The minimum absolute atomic E-state index is 0.00105. The molecule has 2 heterocycles. The number of amides is 1. The molecule has 3 aliphatic carbocycles. The molecule has 0 aromatic heterocycles. The van der Waals surface area contributed by atoms with Crippen LogP contribution in [0.2, 0.25) is 0 Å². The highest BCUT2D eigenvalue weighted by Gasteiger charge is 2.73. The van der Waals surface area contributed by atoms with Gasteiger partial charge >= 0.3 is 0 Å². The molecule has 5 atom stereocenters. The molecule has 0 unspecified atom stereocenters. The Morgan fingerprint density at radius 3 is 2.73 bits per heavy atom. The summed E-state index contributed by atoms with van der Waals surface area (Å²) in [7, 11) is 1.84. The lowest BCUT2D eigenvalue weighted by atomic mass is 9.48. The van der Waals surface area contributed by atoms with Gasteiger partial charge in [-0.2, -0.15) is 0 Å². The number of likely N-dealkylation sites (N-methyl/N-ethyl adjacent to an activating group) is 1. The average Bonchev–Trinajstić information content (AvgIpc) is 3.63. The van der Waals surface area contributed by atoms with Crippen LogP contribution in [0.15, 0.2) is 54.6 Å². The van der Waals surface area contributed by atoms with Crippen molar-refractivity contribution in [2.45, 2.75) is 61.8 Å². The number of likely N-dealkylation sites (tertiary alicyclic amines) is 1. The summed E-state index contributed by atoms with van der Waals surface area (Å²) in [5.41, 5.74) is 2.71. The van der Waals surface area contributed by atoms with Crippen LogP contribution >= 0.6 is 0 Å². The quantitative estimate of drug-likeness (QED) is 0.487. The predicted octanol–water partition coefficient (Wildman–Crippen LogP) is 3.58. The van der Waals surface area contributed by atoms with E-state index in [1.165, 1.54) is 5.56 Å². The van der Waals surface area contributed by atoms with E-state index in [-0.39, 0.29) is 23.7 Å². The minimum Gasteiger partial charge on any atom is -0.504 e. The first-order chi connectivity index (χ1) is 17.8. The number of phenols is 1. The van der Waals surface area contributed by atoms with Crippen LogP contribution in [-0.4, -0.2) is 69.8 Å². The summed E-state index contributed by atoms with van der Waals surface area (Å²) in [5, 5.41) is 23.4. The number of nitrogens with zero attached hydrogens (tertiary/aromatic N) is 2. The predicted molar refractivity (Wildman–Crippen MR) is 141 cm³/mol. The molecule has 1 saturated heterocycles. The van der Waals surface area contributed by atoms with E-state index in [0.29, 0.717) is 24.5 Å². The molecule has 6 nitrogen and oxygen atoms in total. The first-order valence-electron chi connectivity index (χ1n) is 13.5. The van der Waals surface area contributed by atoms with E-state index in [0.717, 1.165) is 42.6 Å². The summed E-state index contributed by atoms with van der Waals surface area (Å²) in [5.74, 6) is 1.06. The van der Waals surface area contributed by atoms with Crippen molar-refractivity contribution in [2.24, 2.45) is 5.92 Å². The van der Waals surface area contributed by atoms with Gasteiger partial charge in [0, 0.05) is 37.2 Å². The van der Waals surface area contributed by atoms with Crippen LogP contribution in [0.4, 0.5) is 0 Å². The molecule has 2 fully saturated rings. The fourth-order valence-corrected chi connectivity index (χ4v) is 7.82. The highest BCUT2D eigenvalue weighted by Crippen LogP contribution is 2.65. The van der Waals surface area contributed by atoms with Gasteiger partial charge in [-0.3, -0.25) is 9.69 Å². The standard InChI is InChI=1S/C31H34N2O4/c1-19-3-5-20(6-4-19)9-12-26(35)32(2)23-13-14-31(36)25-17-22-10-11-24(34)28-27(22)30(31,29(23)37-28)15-16-33(25)18-21-7-8-21/h3-12,21,23,25,29,34,36H,13-18H2,1-2H3/b12-9+/t23-,25-,29+,30+,31-/m1/s1. The van der Waals surface area contributed by atoms with Crippen molar-refractivity contribution in [1.29, 1.82) is 0 Å². The Balaban J connectivity index is 1.24. The number of phenolic OH excluding ortho intramolecular Hbond substituents is 1. The molecule has 1 saturated carbocycles. The Morgan fingerprint density at radius 1 is 1.19 bits per heavy atom. The van der Waals surface area contributed by atoms with Gasteiger partial charge in [-0.05, 0) is 62.4 Å². The van der Waals surface area contributed by atoms with Crippen LogP contribution in [-0.2, 0) is 16.6 Å². The number of carbonyl (C=O) groups is 1. The normalized spacial score (nSPS) is 33.3. The fraction of sp³-hybridized carbons (Fsp3) is 0.452. The minimum atomic E-state index is -0.963. The second-order valence-corrected chi connectivity index (χ2v) is 11.7. The van der Waals surface area contributed by atoms with Gasteiger partial charge in [0.05, 0.1) is 17.1 Å². The maximum atomic E-state index is 13.4. The maximum Gasteiger partial charge on any atom is 0.246 e. The van der Waals surface area contributed by atoms with Crippen LogP contribution in [0.25, 0.3) is 6.08 Å². The van der Waals surface area contributed by atoms with E-state index in [1.807, 2.05) is 50.4 Å². The number of hydrogen-bond donors (Lipinski definition) is 2. The second kappa shape index (κ2) is 7.95. The molecule has 5 aliphatic rings. The van der Waals surface area contributed by atoms with E-state index < -0.39 is 17.1 Å². The molecule has 0 radical (unpaired) electrons. The molecule has 1 amide bonds. The number of aryl methyl sites for hydroxylation is 1. The lowest BCUT2D eigenvalue weighted by Gasteiger charge is -2.64. The van der Waals surface area contributed by atoms with Gasteiger partial charge in [0.2, 0.25) is 5.91 Å². The number of hydrogen-bond acceptors (Lipinski definition) is 5. The van der Waals surface area contributed by atoms with Crippen LogP contribution < -0.4 is 4.74 Å². The average molecular weight is 499 g/mol. The molecule has 2 bridgehead atoms. The molecular weight excluding hydrogens is 464 g/mol. The zero-order valence-electron chi connectivity index (χ0n) is 21.4. The summed E-state index contributed by atoms with van der Waals surface area (Å²) in [6.07, 6.45) is 10.3. The molecule has 2 N–H and O–H groups in total. The number of aliphatic hydroxyl groups is 1. The number of piperidine rings is 1. The summed E-state index contributed by atoms with van der Waals surface area (Å²) >= 11 is 0. The largest absolute Gasteiger partial charge is 0.504 e. The maximum absolute atomic E-state index is 13.4. The topological polar surface area (TPSA) is 73.2 Å². The summed E-state index contributed by atoms with van der Waals surface area (Å²) < 4.78 is 6.60. The zero-order chi connectivity index (χ0) is 25.5. The lowest BCUT2D eigenvalue weighted by Crippen LogP contribution is -2.78. The number of aromatic hydroxyl groups is 1. The third-order valence-corrected chi connectivity index (χ3v) is 9.79. The molecule has 7 rings (SSSR count). The van der Waals surface area contributed by atoms with Gasteiger partial charge in [-0.25, -0.2) is 0 Å². The molecule has 1 spiro atoms. The molecule has 2 aliphatic heterocycles. The lowest BCUT2D eigenvalue weighted by molar-refractivity contribution is -0.199. The van der Waals surface area contributed by atoms with E-state index in [2.05, 4.69) is 17.1 Å². The molecule has 2 aromatic rings. The Kier molecular flexibility index (Phi) is 4.96. The van der Waals surface area contributed by atoms with Crippen LogP contribution in [0.3, 0.4) is 0 Å². The van der Waals surface area contributed by atoms with Crippen molar-refractivity contribution in [3.63, 3.8) is 0 Å². The Bertz CT molecular complexity index is 1330. The van der Waals surface area contributed by atoms with Gasteiger partial charge in [0.1, 0.15) is 6.10 Å². The highest BCUT2D eigenvalue weighted by atomic mass is 16.5. The molecule has 37 heavy (non-hydrogen) atoms. The van der Waals surface area contributed by atoms with Crippen LogP contribution in [0, 0.1) is 12.8 Å². The zero-order valence-corrected chi connectivity index (χ0v) is 21.4. The Hall–Kier alpha value is -3.09. The van der Waals surface area contributed by atoms with E-state index in [4.69, 9.17) is 4.74 Å². The number of ether oxygens (including phenoxy) is 1. The second-order valence-electron chi connectivity index (χ2n) is 11.7.